The van der Waals surface area contributed by atoms with Crippen molar-refractivity contribution in [1.29, 1.82) is 0 Å². The molecular formula is C14H18N2O. The summed E-state index contributed by atoms with van der Waals surface area (Å²) in [5.41, 5.74) is 4.89. The second-order valence-corrected chi connectivity index (χ2v) is 4.52. The Hall–Kier alpha value is -1.61. The molecule has 3 nitrogen and oxygen atoms in total. The van der Waals surface area contributed by atoms with Crippen molar-refractivity contribution in [3.8, 4) is 0 Å². The molecule has 0 saturated carbocycles. The Morgan fingerprint density at radius 3 is 2.47 bits per heavy atom. The second kappa shape index (κ2) is 4.34. The fraction of sp³-hybridized carbons (Fsp3) is 0.357. The molecule has 0 bridgehead atoms. The Balaban J connectivity index is 2.47. The van der Waals surface area contributed by atoms with Gasteiger partial charge < -0.3 is 5.11 Å². The van der Waals surface area contributed by atoms with Gasteiger partial charge in [-0.1, -0.05) is 29.8 Å². The molecule has 0 saturated heterocycles. The molecule has 2 aromatic rings. The van der Waals surface area contributed by atoms with Gasteiger partial charge in [-0.2, -0.15) is 5.10 Å². The molecule has 90 valence electrons. The van der Waals surface area contributed by atoms with Crippen LogP contribution in [0.15, 0.2) is 24.3 Å². The number of nitrogens with zero attached hydrogens (tertiary/aromatic N) is 2. The van der Waals surface area contributed by atoms with Crippen LogP contribution in [0.5, 0.6) is 0 Å². The van der Waals surface area contributed by atoms with E-state index in [9.17, 15) is 5.11 Å². The summed E-state index contributed by atoms with van der Waals surface area (Å²) < 4.78 is 1.81. The summed E-state index contributed by atoms with van der Waals surface area (Å²) >= 11 is 0. The monoisotopic (exact) mass is 230 g/mol. The van der Waals surface area contributed by atoms with Crippen LogP contribution in [0.2, 0.25) is 0 Å². The molecule has 0 aliphatic heterocycles. The van der Waals surface area contributed by atoms with Crippen LogP contribution in [0.4, 0.5) is 0 Å². The van der Waals surface area contributed by atoms with Gasteiger partial charge in [-0.25, -0.2) is 0 Å². The number of hydrogen-bond donors (Lipinski definition) is 1. The first-order valence-corrected chi connectivity index (χ1v) is 5.75. The van der Waals surface area contributed by atoms with E-state index in [1.54, 1.807) is 0 Å². The molecule has 2 rings (SSSR count). The maximum absolute atomic E-state index is 10.4. The number of aryl methyl sites for hydroxylation is 3. The summed E-state index contributed by atoms with van der Waals surface area (Å²) in [4.78, 5) is 0. The first-order chi connectivity index (χ1) is 8.00. The summed E-state index contributed by atoms with van der Waals surface area (Å²) in [5, 5.41) is 14.8. The third-order valence-corrected chi connectivity index (χ3v) is 3.20. The van der Waals surface area contributed by atoms with Crippen molar-refractivity contribution < 1.29 is 5.11 Å². The SMILES string of the molecule is Cc1cccc(C(O)c2c(C)nn(C)c2C)c1. The highest BCUT2D eigenvalue weighted by atomic mass is 16.3. The molecular weight excluding hydrogens is 212 g/mol. The van der Waals surface area contributed by atoms with E-state index in [1.165, 1.54) is 0 Å². The van der Waals surface area contributed by atoms with Crippen molar-refractivity contribution in [3.63, 3.8) is 0 Å². The minimum atomic E-state index is -0.594. The van der Waals surface area contributed by atoms with Crippen LogP contribution in [-0.4, -0.2) is 14.9 Å². The summed E-state index contributed by atoms with van der Waals surface area (Å²) in [6.07, 6.45) is -0.594. The minimum Gasteiger partial charge on any atom is -0.384 e. The molecule has 0 aliphatic rings. The van der Waals surface area contributed by atoms with Crippen LogP contribution in [0, 0.1) is 20.8 Å². The summed E-state index contributed by atoms with van der Waals surface area (Å²) in [6.45, 7) is 5.94. The van der Waals surface area contributed by atoms with Crippen molar-refractivity contribution in [2.24, 2.45) is 7.05 Å². The van der Waals surface area contributed by atoms with E-state index < -0.39 is 6.10 Å². The topological polar surface area (TPSA) is 38.1 Å². The van der Waals surface area contributed by atoms with E-state index in [-0.39, 0.29) is 0 Å². The van der Waals surface area contributed by atoms with Crippen LogP contribution >= 0.6 is 0 Å². The Morgan fingerprint density at radius 1 is 1.24 bits per heavy atom. The number of benzene rings is 1. The summed E-state index contributed by atoms with van der Waals surface area (Å²) in [7, 11) is 1.90. The van der Waals surface area contributed by atoms with E-state index in [0.29, 0.717) is 0 Å². The van der Waals surface area contributed by atoms with Gasteiger partial charge in [0.25, 0.3) is 0 Å². The van der Waals surface area contributed by atoms with E-state index in [4.69, 9.17) is 0 Å². The molecule has 1 heterocycles. The van der Waals surface area contributed by atoms with Gasteiger partial charge in [0.2, 0.25) is 0 Å². The first kappa shape index (κ1) is 11.9. The molecule has 1 aromatic heterocycles. The fourth-order valence-electron chi connectivity index (χ4n) is 2.19. The maximum atomic E-state index is 10.4. The van der Waals surface area contributed by atoms with Gasteiger partial charge in [0, 0.05) is 18.3 Å². The predicted octanol–water partition coefficient (Wildman–Crippen LogP) is 2.43. The molecule has 0 aliphatic carbocycles. The fourth-order valence-corrected chi connectivity index (χ4v) is 2.19. The van der Waals surface area contributed by atoms with Crippen molar-refractivity contribution >= 4 is 0 Å². The molecule has 17 heavy (non-hydrogen) atoms. The van der Waals surface area contributed by atoms with E-state index in [2.05, 4.69) is 5.10 Å². The van der Waals surface area contributed by atoms with Gasteiger partial charge in [-0.15, -0.1) is 0 Å². The smallest absolute Gasteiger partial charge is 0.108 e. The van der Waals surface area contributed by atoms with Crippen molar-refractivity contribution in [3.05, 3.63) is 52.3 Å². The van der Waals surface area contributed by atoms with Crippen LogP contribution in [0.3, 0.4) is 0 Å². The first-order valence-electron chi connectivity index (χ1n) is 5.75. The van der Waals surface area contributed by atoms with Gasteiger partial charge in [-0.05, 0) is 26.3 Å². The average molecular weight is 230 g/mol. The molecule has 1 aromatic carbocycles. The highest BCUT2D eigenvalue weighted by molar-refractivity contribution is 5.36. The lowest BCUT2D eigenvalue weighted by molar-refractivity contribution is 0.218. The van der Waals surface area contributed by atoms with Crippen molar-refractivity contribution in [2.45, 2.75) is 26.9 Å². The van der Waals surface area contributed by atoms with Gasteiger partial charge in [-0.3, -0.25) is 4.68 Å². The quantitative estimate of drug-likeness (QED) is 0.860. The zero-order valence-corrected chi connectivity index (χ0v) is 10.7. The molecule has 1 N–H and O–H groups in total. The zero-order chi connectivity index (χ0) is 12.6. The van der Waals surface area contributed by atoms with Crippen molar-refractivity contribution in [2.75, 3.05) is 0 Å². The third-order valence-electron chi connectivity index (χ3n) is 3.20. The lowest BCUT2D eigenvalue weighted by Crippen LogP contribution is -2.03. The van der Waals surface area contributed by atoms with Crippen LogP contribution in [-0.2, 0) is 7.05 Å². The van der Waals surface area contributed by atoms with Crippen LogP contribution in [0.1, 0.15) is 34.2 Å². The molecule has 0 amide bonds. The van der Waals surface area contributed by atoms with Crippen molar-refractivity contribution in [1.82, 2.24) is 9.78 Å². The Labute approximate surface area is 102 Å². The molecule has 0 spiro atoms. The molecule has 3 heteroatoms. The molecule has 1 unspecified atom stereocenters. The molecule has 0 radical (unpaired) electrons. The van der Waals surface area contributed by atoms with E-state index in [1.807, 2.05) is 56.8 Å². The molecule has 0 fully saturated rings. The number of rotatable bonds is 2. The highest BCUT2D eigenvalue weighted by Crippen LogP contribution is 2.27. The lowest BCUT2D eigenvalue weighted by atomic mass is 9.98. The van der Waals surface area contributed by atoms with Gasteiger partial charge >= 0.3 is 0 Å². The highest BCUT2D eigenvalue weighted by Gasteiger charge is 2.19. The summed E-state index contributed by atoms with van der Waals surface area (Å²) in [6, 6.07) is 7.95. The van der Waals surface area contributed by atoms with Gasteiger partial charge in [0.05, 0.1) is 5.69 Å². The van der Waals surface area contributed by atoms with Crippen LogP contribution < -0.4 is 0 Å². The third kappa shape index (κ3) is 2.11. The standard InChI is InChI=1S/C14H18N2O/c1-9-6-5-7-12(8-9)14(17)13-10(2)15-16(4)11(13)3/h5-8,14,17H,1-4H3. The number of aromatic nitrogens is 2. The maximum Gasteiger partial charge on any atom is 0.108 e. The van der Waals surface area contributed by atoms with E-state index >= 15 is 0 Å². The second-order valence-electron chi connectivity index (χ2n) is 4.52. The van der Waals surface area contributed by atoms with Crippen LogP contribution in [0.25, 0.3) is 0 Å². The normalized spacial score (nSPS) is 12.8. The lowest BCUT2D eigenvalue weighted by Gasteiger charge is -2.12. The van der Waals surface area contributed by atoms with Gasteiger partial charge in [0.1, 0.15) is 6.10 Å². The zero-order valence-electron chi connectivity index (χ0n) is 10.7. The number of aliphatic hydroxyl groups excluding tert-OH is 1. The average Bonchev–Trinajstić information content (AvgIpc) is 2.52. The van der Waals surface area contributed by atoms with E-state index in [0.717, 1.165) is 28.1 Å². The number of aliphatic hydroxyl groups is 1. The van der Waals surface area contributed by atoms with Gasteiger partial charge in [0.15, 0.2) is 0 Å². The number of hydrogen-bond acceptors (Lipinski definition) is 2. The Kier molecular flexibility index (Phi) is 3.03. The summed E-state index contributed by atoms with van der Waals surface area (Å²) in [5.74, 6) is 0. The minimum absolute atomic E-state index is 0.594. The Bertz CT molecular complexity index is 543. The Morgan fingerprint density at radius 2 is 1.94 bits per heavy atom. The predicted molar refractivity (Wildman–Crippen MR) is 67.9 cm³/mol. The largest absolute Gasteiger partial charge is 0.384 e. The molecule has 1 atom stereocenters.